The van der Waals surface area contributed by atoms with E-state index in [4.69, 9.17) is 23.8 Å². The Labute approximate surface area is 159 Å². The Bertz CT molecular complexity index is 720. The van der Waals surface area contributed by atoms with E-state index in [1.807, 2.05) is 6.07 Å². The van der Waals surface area contributed by atoms with Crippen molar-refractivity contribution < 1.29 is 4.39 Å². The Balaban J connectivity index is 1.96. The standard InChI is InChI=1S/C19H23ClFN3S/c1-3-24(4-2)13-15-8-6-5-7-14(15)12-22-19(25)23-16-9-10-18(21)17(20)11-16/h5-11H,3-4,12-13H2,1-2H3,(H2,22,23,25). The maximum absolute atomic E-state index is 13.2. The lowest BCUT2D eigenvalue weighted by molar-refractivity contribution is 0.295. The maximum Gasteiger partial charge on any atom is 0.171 e. The van der Waals surface area contributed by atoms with Gasteiger partial charge in [-0.05, 0) is 54.6 Å². The highest BCUT2D eigenvalue weighted by atomic mass is 35.5. The zero-order chi connectivity index (χ0) is 18.2. The fraction of sp³-hybridized carbons (Fsp3) is 0.316. The first-order valence-electron chi connectivity index (χ1n) is 8.32. The average molecular weight is 380 g/mol. The number of nitrogens with zero attached hydrogens (tertiary/aromatic N) is 1. The predicted molar refractivity (Wildman–Crippen MR) is 108 cm³/mol. The van der Waals surface area contributed by atoms with Crippen LogP contribution in [0.5, 0.6) is 0 Å². The number of benzene rings is 2. The molecule has 0 bridgehead atoms. The Hall–Kier alpha value is -1.69. The van der Waals surface area contributed by atoms with Crippen LogP contribution in [0.4, 0.5) is 10.1 Å². The molecular weight excluding hydrogens is 357 g/mol. The molecule has 0 radical (unpaired) electrons. The number of anilines is 1. The zero-order valence-electron chi connectivity index (χ0n) is 14.5. The fourth-order valence-corrected chi connectivity index (χ4v) is 2.87. The van der Waals surface area contributed by atoms with Gasteiger partial charge in [-0.2, -0.15) is 0 Å². The van der Waals surface area contributed by atoms with Crippen LogP contribution in [0.25, 0.3) is 0 Å². The summed E-state index contributed by atoms with van der Waals surface area (Å²) >= 11 is 11.1. The van der Waals surface area contributed by atoms with E-state index in [0.717, 1.165) is 19.6 Å². The summed E-state index contributed by atoms with van der Waals surface area (Å²) in [6.07, 6.45) is 0. The van der Waals surface area contributed by atoms with Gasteiger partial charge in [-0.3, -0.25) is 4.90 Å². The van der Waals surface area contributed by atoms with E-state index in [1.54, 1.807) is 6.07 Å². The molecule has 0 saturated heterocycles. The second kappa shape index (κ2) is 9.70. The molecule has 134 valence electrons. The third kappa shape index (κ3) is 5.96. The zero-order valence-corrected chi connectivity index (χ0v) is 16.1. The molecule has 0 aliphatic carbocycles. The molecular formula is C19H23ClFN3S. The van der Waals surface area contributed by atoms with Gasteiger partial charge in [0.2, 0.25) is 0 Å². The lowest BCUT2D eigenvalue weighted by Gasteiger charge is -2.20. The molecule has 0 saturated carbocycles. The van der Waals surface area contributed by atoms with Gasteiger partial charge < -0.3 is 10.6 Å². The van der Waals surface area contributed by atoms with E-state index < -0.39 is 5.82 Å². The van der Waals surface area contributed by atoms with Crippen LogP contribution in [-0.4, -0.2) is 23.1 Å². The van der Waals surface area contributed by atoms with Gasteiger partial charge in [0.25, 0.3) is 0 Å². The van der Waals surface area contributed by atoms with Crippen LogP contribution in [0.2, 0.25) is 5.02 Å². The van der Waals surface area contributed by atoms with Crippen molar-refractivity contribution in [3.05, 3.63) is 64.4 Å². The summed E-state index contributed by atoms with van der Waals surface area (Å²) in [4.78, 5) is 2.37. The molecule has 0 unspecified atom stereocenters. The number of nitrogens with one attached hydrogen (secondary N) is 2. The van der Waals surface area contributed by atoms with Crippen molar-refractivity contribution in [1.82, 2.24) is 10.2 Å². The largest absolute Gasteiger partial charge is 0.358 e. The summed E-state index contributed by atoms with van der Waals surface area (Å²) in [7, 11) is 0. The van der Waals surface area contributed by atoms with E-state index >= 15 is 0 Å². The highest BCUT2D eigenvalue weighted by Crippen LogP contribution is 2.19. The van der Waals surface area contributed by atoms with Gasteiger partial charge in [0, 0.05) is 18.8 Å². The molecule has 2 N–H and O–H groups in total. The highest BCUT2D eigenvalue weighted by Gasteiger charge is 2.07. The number of hydrogen-bond donors (Lipinski definition) is 2. The van der Waals surface area contributed by atoms with Crippen LogP contribution in [0.3, 0.4) is 0 Å². The molecule has 0 aromatic heterocycles. The number of thiocarbonyl (C=S) groups is 1. The highest BCUT2D eigenvalue weighted by molar-refractivity contribution is 7.80. The molecule has 2 aromatic carbocycles. The van der Waals surface area contributed by atoms with Gasteiger partial charge >= 0.3 is 0 Å². The van der Waals surface area contributed by atoms with Crippen LogP contribution < -0.4 is 10.6 Å². The second-order valence-electron chi connectivity index (χ2n) is 5.67. The summed E-state index contributed by atoms with van der Waals surface area (Å²) in [5, 5.41) is 6.76. The smallest absolute Gasteiger partial charge is 0.171 e. The van der Waals surface area contributed by atoms with E-state index in [-0.39, 0.29) is 5.02 Å². The van der Waals surface area contributed by atoms with E-state index in [2.05, 4.69) is 47.6 Å². The molecule has 2 aromatic rings. The van der Waals surface area contributed by atoms with Crippen LogP contribution in [0.15, 0.2) is 42.5 Å². The predicted octanol–water partition coefficient (Wildman–Crippen LogP) is 4.81. The first kappa shape index (κ1) is 19.6. The quantitative estimate of drug-likeness (QED) is 0.675. The van der Waals surface area contributed by atoms with Gasteiger partial charge in [0.15, 0.2) is 5.11 Å². The van der Waals surface area contributed by atoms with Gasteiger partial charge in [-0.1, -0.05) is 49.7 Å². The summed E-state index contributed by atoms with van der Waals surface area (Å²) in [5.41, 5.74) is 3.14. The molecule has 0 heterocycles. The molecule has 6 heteroatoms. The molecule has 3 nitrogen and oxygen atoms in total. The first-order valence-corrected chi connectivity index (χ1v) is 9.11. The van der Waals surface area contributed by atoms with Crippen LogP contribution in [0.1, 0.15) is 25.0 Å². The Morgan fingerprint density at radius 3 is 2.44 bits per heavy atom. The van der Waals surface area contributed by atoms with Gasteiger partial charge in [0.1, 0.15) is 5.82 Å². The van der Waals surface area contributed by atoms with Crippen molar-refractivity contribution in [3.63, 3.8) is 0 Å². The summed E-state index contributed by atoms with van der Waals surface area (Å²) in [6, 6.07) is 12.8. The molecule has 0 fully saturated rings. The van der Waals surface area contributed by atoms with Gasteiger partial charge in [0.05, 0.1) is 5.02 Å². The molecule has 0 aliphatic rings. The van der Waals surface area contributed by atoms with E-state index in [0.29, 0.717) is 17.3 Å². The normalized spacial score (nSPS) is 10.8. The van der Waals surface area contributed by atoms with E-state index in [9.17, 15) is 4.39 Å². The second-order valence-corrected chi connectivity index (χ2v) is 6.48. The van der Waals surface area contributed by atoms with Crippen LogP contribution in [0, 0.1) is 5.82 Å². The topological polar surface area (TPSA) is 27.3 Å². The lowest BCUT2D eigenvalue weighted by atomic mass is 10.1. The Morgan fingerprint density at radius 2 is 1.80 bits per heavy atom. The minimum Gasteiger partial charge on any atom is -0.358 e. The summed E-state index contributed by atoms with van der Waals surface area (Å²) in [5.74, 6) is -0.448. The maximum atomic E-state index is 13.2. The SMILES string of the molecule is CCN(CC)Cc1ccccc1CNC(=S)Nc1ccc(F)c(Cl)c1. The van der Waals surface area contributed by atoms with Crippen molar-refractivity contribution in [1.29, 1.82) is 0 Å². The molecule has 0 spiro atoms. The summed E-state index contributed by atoms with van der Waals surface area (Å²) in [6.45, 7) is 7.90. The molecule has 25 heavy (non-hydrogen) atoms. The molecule has 0 atom stereocenters. The molecule has 2 rings (SSSR count). The fourth-order valence-electron chi connectivity index (χ4n) is 2.50. The van der Waals surface area contributed by atoms with Crippen molar-refractivity contribution in [2.75, 3.05) is 18.4 Å². The van der Waals surface area contributed by atoms with E-state index in [1.165, 1.54) is 23.3 Å². The minimum atomic E-state index is -0.448. The Kier molecular flexibility index (Phi) is 7.62. The van der Waals surface area contributed by atoms with Gasteiger partial charge in [-0.15, -0.1) is 0 Å². The number of rotatable bonds is 7. The summed E-state index contributed by atoms with van der Waals surface area (Å²) < 4.78 is 13.2. The van der Waals surface area contributed by atoms with Crippen LogP contribution >= 0.6 is 23.8 Å². The van der Waals surface area contributed by atoms with Crippen molar-refractivity contribution in [2.24, 2.45) is 0 Å². The third-order valence-corrected chi connectivity index (χ3v) is 4.56. The lowest BCUT2D eigenvalue weighted by Crippen LogP contribution is -2.29. The third-order valence-electron chi connectivity index (χ3n) is 4.02. The number of hydrogen-bond acceptors (Lipinski definition) is 2. The average Bonchev–Trinajstić information content (AvgIpc) is 2.62. The van der Waals surface area contributed by atoms with Crippen molar-refractivity contribution in [3.8, 4) is 0 Å². The van der Waals surface area contributed by atoms with Crippen molar-refractivity contribution >= 4 is 34.6 Å². The van der Waals surface area contributed by atoms with Crippen molar-refractivity contribution in [2.45, 2.75) is 26.9 Å². The van der Waals surface area contributed by atoms with Gasteiger partial charge in [-0.25, -0.2) is 4.39 Å². The molecule has 0 amide bonds. The number of halogens is 2. The Morgan fingerprint density at radius 1 is 1.12 bits per heavy atom. The first-order chi connectivity index (χ1) is 12.0. The monoisotopic (exact) mass is 379 g/mol. The molecule has 0 aliphatic heterocycles. The minimum absolute atomic E-state index is 0.0670. The van der Waals surface area contributed by atoms with Crippen LogP contribution in [-0.2, 0) is 13.1 Å².